The van der Waals surface area contributed by atoms with Crippen molar-refractivity contribution >= 4 is 0 Å². The van der Waals surface area contributed by atoms with Gasteiger partial charge in [0, 0.05) is 25.6 Å². The molecular formula is C11H20O3. The van der Waals surface area contributed by atoms with Gasteiger partial charge in [-0.25, -0.2) is 0 Å². The Morgan fingerprint density at radius 3 is 2.93 bits per heavy atom. The van der Waals surface area contributed by atoms with Crippen LogP contribution >= 0.6 is 0 Å². The SMILES string of the molecule is CCC1CC(O)(C2CCOC2)CCO1. The third-order valence-corrected chi connectivity index (χ3v) is 3.61. The molecule has 0 aromatic rings. The van der Waals surface area contributed by atoms with Crippen molar-refractivity contribution in [3.8, 4) is 0 Å². The van der Waals surface area contributed by atoms with Gasteiger partial charge in [-0.3, -0.25) is 0 Å². The van der Waals surface area contributed by atoms with Crippen molar-refractivity contribution in [2.45, 2.75) is 44.3 Å². The fourth-order valence-electron chi connectivity index (χ4n) is 2.55. The maximum Gasteiger partial charge on any atom is 0.0745 e. The fraction of sp³-hybridized carbons (Fsp3) is 1.00. The highest BCUT2D eigenvalue weighted by Gasteiger charge is 2.42. The Morgan fingerprint density at radius 2 is 2.29 bits per heavy atom. The van der Waals surface area contributed by atoms with Crippen LogP contribution in [-0.4, -0.2) is 36.6 Å². The van der Waals surface area contributed by atoms with Crippen molar-refractivity contribution in [2.75, 3.05) is 19.8 Å². The summed E-state index contributed by atoms with van der Waals surface area (Å²) in [5, 5.41) is 10.5. The smallest absolute Gasteiger partial charge is 0.0745 e. The predicted octanol–water partition coefficient (Wildman–Crippen LogP) is 1.34. The quantitative estimate of drug-likeness (QED) is 0.731. The molecular weight excluding hydrogens is 180 g/mol. The van der Waals surface area contributed by atoms with Gasteiger partial charge in [-0.05, 0) is 19.3 Å². The third-order valence-electron chi connectivity index (χ3n) is 3.61. The van der Waals surface area contributed by atoms with E-state index in [1.165, 1.54) is 0 Å². The topological polar surface area (TPSA) is 38.7 Å². The average Bonchev–Trinajstić information content (AvgIpc) is 2.71. The minimum absolute atomic E-state index is 0.245. The highest BCUT2D eigenvalue weighted by atomic mass is 16.5. The van der Waals surface area contributed by atoms with Crippen molar-refractivity contribution < 1.29 is 14.6 Å². The van der Waals surface area contributed by atoms with Crippen LogP contribution in [0.2, 0.25) is 0 Å². The summed E-state index contributed by atoms with van der Waals surface area (Å²) in [6.45, 7) is 4.35. The van der Waals surface area contributed by atoms with Gasteiger partial charge >= 0.3 is 0 Å². The predicted molar refractivity (Wildman–Crippen MR) is 53.1 cm³/mol. The molecule has 0 aliphatic carbocycles. The monoisotopic (exact) mass is 200 g/mol. The molecule has 0 radical (unpaired) electrons. The lowest BCUT2D eigenvalue weighted by Gasteiger charge is -2.40. The lowest BCUT2D eigenvalue weighted by atomic mass is 9.78. The van der Waals surface area contributed by atoms with Crippen molar-refractivity contribution in [1.82, 2.24) is 0 Å². The molecule has 3 heteroatoms. The van der Waals surface area contributed by atoms with E-state index in [1.807, 2.05) is 0 Å². The Bertz CT molecular complexity index is 189. The number of hydrogen-bond donors (Lipinski definition) is 1. The molecule has 2 heterocycles. The van der Waals surface area contributed by atoms with E-state index in [0.717, 1.165) is 38.9 Å². The summed E-state index contributed by atoms with van der Waals surface area (Å²) in [5.41, 5.74) is -0.518. The number of ether oxygens (including phenoxy) is 2. The van der Waals surface area contributed by atoms with Crippen LogP contribution in [0.1, 0.15) is 32.6 Å². The first-order valence-corrected chi connectivity index (χ1v) is 5.66. The van der Waals surface area contributed by atoms with Crippen LogP contribution < -0.4 is 0 Å². The second-order valence-corrected chi connectivity index (χ2v) is 4.52. The molecule has 0 bridgehead atoms. The molecule has 14 heavy (non-hydrogen) atoms. The van der Waals surface area contributed by atoms with E-state index >= 15 is 0 Å². The summed E-state index contributed by atoms with van der Waals surface area (Å²) >= 11 is 0. The molecule has 2 saturated heterocycles. The van der Waals surface area contributed by atoms with Gasteiger partial charge < -0.3 is 14.6 Å². The highest BCUT2D eigenvalue weighted by Crippen LogP contribution is 2.36. The summed E-state index contributed by atoms with van der Waals surface area (Å²) in [4.78, 5) is 0. The van der Waals surface area contributed by atoms with Crippen molar-refractivity contribution in [3.63, 3.8) is 0 Å². The van der Waals surface area contributed by atoms with Crippen LogP contribution in [0, 0.1) is 5.92 Å². The molecule has 2 rings (SSSR count). The Kier molecular flexibility index (Phi) is 3.10. The molecule has 3 unspecified atom stereocenters. The first kappa shape index (κ1) is 10.4. The third kappa shape index (κ3) is 1.95. The molecule has 0 aromatic carbocycles. The van der Waals surface area contributed by atoms with Gasteiger partial charge in [-0.2, -0.15) is 0 Å². The van der Waals surface area contributed by atoms with Gasteiger partial charge in [0.2, 0.25) is 0 Å². The zero-order valence-electron chi connectivity index (χ0n) is 8.87. The van der Waals surface area contributed by atoms with Crippen LogP contribution in [0.4, 0.5) is 0 Å². The molecule has 1 N–H and O–H groups in total. The summed E-state index contributed by atoms with van der Waals surface area (Å²) in [5.74, 6) is 0.334. The summed E-state index contributed by atoms with van der Waals surface area (Å²) in [6, 6.07) is 0. The lowest BCUT2D eigenvalue weighted by Crippen LogP contribution is -2.46. The first-order valence-electron chi connectivity index (χ1n) is 5.66. The molecule has 0 amide bonds. The average molecular weight is 200 g/mol. The minimum atomic E-state index is -0.518. The summed E-state index contributed by atoms with van der Waals surface area (Å²) < 4.78 is 10.9. The zero-order valence-corrected chi connectivity index (χ0v) is 8.87. The Balaban J connectivity index is 1.98. The fourth-order valence-corrected chi connectivity index (χ4v) is 2.55. The molecule has 0 saturated carbocycles. The normalized spacial score (nSPS) is 44.1. The van der Waals surface area contributed by atoms with Gasteiger partial charge in [0.15, 0.2) is 0 Å². The van der Waals surface area contributed by atoms with Crippen molar-refractivity contribution in [3.05, 3.63) is 0 Å². The van der Waals surface area contributed by atoms with Gasteiger partial charge in [0.25, 0.3) is 0 Å². The lowest BCUT2D eigenvalue weighted by molar-refractivity contribution is -0.132. The van der Waals surface area contributed by atoms with E-state index in [1.54, 1.807) is 0 Å². The summed E-state index contributed by atoms with van der Waals surface area (Å²) in [6.07, 6.45) is 3.81. The molecule has 82 valence electrons. The molecule has 0 spiro atoms. The molecule has 0 aromatic heterocycles. The maximum absolute atomic E-state index is 10.5. The Morgan fingerprint density at radius 1 is 1.43 bits per heavy atom. The second-order valence-electron chi connectivity index (χ2n) is 4.52. The number of rotatable bonds is 2. The minimum Gasteiger partial charge on any atom is -0.389 e. The van der Waals surface area contributed by atoms with Crippen LogP contribution in [0.3, 0.4) is 0 Å². The highest BCUT2D eigenvalue weighted by molar-refractivity contribution is 4.92. The van der Waals surface area contributed by atoms with Crippen molar-refractivity contribution in [1.29, 1.82) is 0 Å². The van der Waals surface area contributed by atoms with E-state index in [4.69, 9.17) is 9.47 Å². The number of aliphatic hydroxyl groups is 1. The van der Waals surface area contributed by atoms with Gasteiger partial charge in [0.05, 0.1) is 18.3 Å². The van der Waals surface area contributed by atoms with Crippen LogP contribution in [-0.2, 0) is 9.47 Å². The zero-order chi connectivity index (χ0) is 10.0. The van der Waals surface area contributed by atoms with E-state index in [-0.39, 0.29) is 6.10 Å². The largest absolute Gasteiger partial charge is 0.389 e. The van der Waals surface area contributed by atoms with Crippen LogP contribution in [0.15, 0.2) is 0 Å². The second kappa shape index (κ2) is 4.17. The molecule has 3 atom stereocenters. The van der Waals surface area contributed by atoms with Gasteiger partial charge in [-0.15, -0.1) is 0 Å². The maximum atomic E-state index is 10.5. The summed E-state index contributed by atoms with van der Waals surface area (Å²) in [7, 11) is 0. The Hall–Kier alpha value is -0.120. The molecule has 2 fully saturated rings. The van der Waals surface area contributed by atoms with E-state index in [9.17, 15) is 5.11 Å². The number of hydrogen-bond acceptors (Lipinski definition) is 3. The van der Waals surface area contributed by atoms with E-state index < -0.39 is 5.60 Å². The van der Waals surface area contributed by atoms with Crippen LogP contribution in [0.5, 0.6) is 0 Å². The van der Waals surface area contributed by atoms with E-state index in [0.29, 0.717) is 12.5 Å². The molecule has 3 nitrogen and oxygen atoms in total. The van der Waals surface area contributed by atoms with E-state index in [2.05, 4.69) is 6.92 Å². The Labute approximate surface area is 85.4 Å². The first-order chi connectivity index (χ1) is 6.74. The van der Waals surface area contributed by atoms with Crippen LogP contribution in [0.25, 0.3) is 0 Å². The van der Waals surface area contributed by atoms with Gasteiger partial charge in [-0.1, -0.05) is 6.92 Å². The van der Waals surface area contributed by atoms with Gasteiger partial charge in [0.1, 0.15) is 0 Å². The standard InChI is InChI=1S/C11H20O3/c1-2-10-7-11(12,4-6-14-10)9-3-5-13-8-9/h9-10,12H,2-8H2,1H3. The van der Waals surface area contributed by atoms with Crippen molar-refractivity contribution in [2.24, 2.45) is 5.92 Å². The molecule has 2 aliphatic heterocycles. The molecule has 2 aliphatic rings.